The molecule has 112 valence electrons. The molecule has 0 aromatic rings. The van der Waals surface area contributed by atoms with Gasteiger partial charge in [0.05, 0.1) is 6.61 Å². The molecule has 2 rings (SSSR count). The second-order valence-corrected chi connectivity index (χ2v) is 7.08. The van der Waals surface area contributed by atoms with E-state index in [2.05, 4.69) is 31.0 Å². The van der Waals surface area contributed by atoms with Crippen molar-refractivity contribution >= 4 is 0 Å². The van der Waals surface area contributed by atoms with Crippen LogP contribution in [0, 0.1) is 5.92 Å². The average Bonchev–Trinajstić information content (AvgIpc) is 3.11. The summed E-state index contributed by atoms with van der Waals surface area (Å²) < 4.78 is 0. The third kappa shape index (κ3) is 4.44. The lowest BCUT2D eigenvalue weighted by molar-refractivity contribution is 0.0941. The molecule has 0 aromatic heterocycles. The van der Waals surface area contributed by atoms with Crippen LogP contribution < -0.4 is 5.32 Å². The Morgan fingerprint density at radius 3 is 2.42 bits per heavy atom. The molecule has 3 heteroatoms. The second kappa shape index (κ2) is 6.55. The summed E-state index contributed by atoms with van der Waals surface area (Å²) >= 11 is 0. The fourth-order valence-electron chi connectivity index (χ4n) is 3.30. The molecule has 0 amide bonds. The van der Waals surface area contributed by atoms with Gasteiger partial charge in [-0.05, 0) is 58.4 Å². The first kappa shape index (κ1) is 15.3. The largest absolute Gasteiger partial charge is 0.394 e. The highest BCUT2D eigenvalue weighted by Gasteiger charge is 2.34. The van der Waals surface area contributed by atoms with Crippen LogP contribution in [-0.4, -0.2) is 47.3 Å². The molecule has 2 N–H and O–H groups in total. The molecule has 2 aliphatic carbocycles. The molecule has 2 atom stereocenters. The summed E-state index contributed by atoms with van der Waals surface area (Å²) in [5, 5.41) is 13.4. The Morgan fingerprint density at radius 2 is 2.00 bits per heavy atom. The molecule has 0 aliphatic heterocycles. The van der Waals surface area contributed by atoms with Crippen molar-refractivity contribution in [3.8, 4) is 0 Å². The molecular weight excluding hydrogens is 236 g/mol. The molecule has 19 heavy (non-hydrogen) atoms. The minimum Gasteiger partial charge on any atom is -0.394 e. The highest BCUT2D eigenvalue weighted by atomic mass is 16.3. The zero-order chi connectivity index (χ0) is 13.9. The van der Waals surface area contributed by atoms with E-state index in [9.17, 15) is 5.11 Å². The van der Waals surface area contributed by atoms with Crippen LogP contribution in [0.1, 0.15) is 59.3 Å². The lowest BCUT2D eigenvalue weighted by atomic mass is 9.84. The Bertz CT molecular complexity index is 276. The Morgan fingerprint density at radius 1 is 1.32 bits per heavy atom. The monoisotopic (exact) mass is 268 g/mol. The molecular formula is C16H32N2O. The number of rotatable bonds is 9. The van der Waals surface area contributed by atoms with Crippen LogP contribution in [0.2, 0.25) is 0 Å². The van der Waals surface area contributed by atoms with E-state index in [4.69, 9.17) is 0 Å². The van der Waals surface area contributed by atoms with Crippen molar-refractivity contribution in [1.82, 2.24) is 10.2 Å². The van der Waals surface area contributed by atoms with E-state index < -0.39 is 0 Å². The summed E-state index contributed by atoms with van der Waals surface area (Å²) in [6.45, 7) is 9.39. The molecule has 3 nitrogen and oxygen atoms in total. The van der Waals surface area contributed by atoms with Gasteiger partial charge in [-0.3, -0.25) is 0 Å². The molecule has 2 unspecified atom stereocenters. The van der Waals surface area contributed by atoms with Crippen LogP contribution in [-0.2, 0) is 0 Å². The first-order chi connectivity index (χ1) is 9.06. The summed E-state index contributed by atoms with van der Waals surface area (Å²) in [4.78, 5) is 2.60. The fraction of sp³-hybridized carbons (Fsp3) is 1.00. The van der Waals surface area contributed by atoms with Crippen molar-refractivity contribution in [3.05, 3.63) is 0 Å². The van der Waals surface area contributed by atoms with Crippen LogP contribution in [0.4, 0.5) is 0 Å². The van der Waals surface area contributed by atoms with Crippen LogP contribution >= 0.6 is 0 Å². The third-order valence-electron chi connectivity index (χ3n) is 4.97. The van der Waals surface area contributed by atoms with Gasteiger partial charge in [0.2, 0.25) is 0 Å². The van der Waals surface area contributed by atoms with Gasteiger partial charge in [-0.25, -0.2) is 0 Å². The molecule has 0 aromatic carbocycles. The Balaban J connectivity index is 1.82. The van der Waals surface area contributed by atoms with Crippen molar-refractivity contribution in [3.63, 3.8) is 0 Å². The van der Waals surface area contributed by atoms with E-state index >= 15 is 0 Å². The van der Waals surface area contributed by atoms with Crippen LogP contribution in [0.25, 0.3) is 0 Å². The predicted octanol–water partition coefficient (Wildman–Crippen LogP) is 2.39. The maximum absolute atomic E-state index is 9.72. The highest BCUT2D eigenvalue weighted by Crippen LogP contribution is 2.29. The molecule has 2 fully saturated rings. The summed E-state index contributed by atoms with van der Waals surface area (Å²) in [6.07, 6.45) is 7.86. The summed E-state index contributed by atoms with van der Waals surface area (Å²) in [6, 6.07) is 1.21. The minimum absolute atomic E-state index is 0.104. The Hall–Kier alpha value is -0.120. The van der Waals surface area contributed by atoms with E-state index in [1.54, 1.807) is 0 Å². The summed E-state index contributed by atoms with van der Waals surface area (Å²) in [7, 11) is 0. The molecule has 2 saturated carbocycles. The van der Waals surface area contributed by atoms with E-state index in [0.717, 1.165) is 18.9 Å². The van der Waals surface area contributed by atoms with Crippen molar-refractivity contribution in [1.29, 1.82) is 0 Å². The standard InChI is InChI=1S/C16H32N2O/c1-4-18(11-14-6-5-7-14)13(2)10-16(3,12-19)17-15-8-9-15/h13-15,17,19H,4-12H2,1-3H3. The Labute approximate surface area is 118 Å². The fourth-order valence-corrected chi connectivity index (χ4v) is 3.30. The first-order valence-electron chi connectivity index (χ1n) is 8.19. The number of aliphatic hydroxyl groups excluding tert-OH is 1. The number of hydrogen-bond donors (Lipinski definition) is 2. The predicted molar refractivity (Wildman–Crippen MR) is 80.3 cm³/mol. The van der Waals surface area contributed by atoms with Crippen LogP contribution in [0.5, 0.6) is 0 Å². The SMILES string of the molecule is CCN(CC1CCC1)C(C)CC(C)(CO)NC1CC1. The molecule has 2 aliphatic rings. The second-order valence-electron chi connectivity index (χ2n) is 7.08. The number of hydrogen-bond acceptors (Lipinski definition) is 3. The number of nitrogens with one attached hydrogen (secondary N) is 1. The average molecular weight is 268 g/mol. The van der Waals surface area contributed by atoms with E-state index in [-0.39, 0.29) is 12.1 Å². The van der Waals surface area contributed by atoms with Gasteiger partial charge < -0.3 is 15.3 Å². The maximum atomic E-state index is 9.72. The summed E-state index contributed by atoms with van der Waals surface area (Å²) in [5.41, 5.74) is -0.104. The summed E-state index contributed by atoms with van der Waals surface area (Å²) in [5.74, 6) is 0.930. The minimum atomic E-state index is -0.104. The molecule has 0 saturated heterocycles. The van der Waals surface area contributed by atoms with Gasteiger partial charge >= 0.3 is 0 Å². The number of aliphatic hydroxyl groups is 1. The maximum Gasteiger partial charge on any atom is 0.0611 e. The first-order valence-corrected chi connectivity index (χ1v) is 8.19. The van der Waals surface area contributed by atoms with Crippen LogP contribution in [0.15, 0.2) is 0 Å². The van der Waals surface area contributed by atoms with E-state index in [1.807, 2.05) is 0 Å². The Kier molecular flexibility index (Phi) is 5.27. The van der Waals surface area contributed by atoms with Gasteiger partial charge in [-0.1, -0.05) is 13.3 Å². The van der Waals surface area contributed by atoms with Gasteiger partial charge in [0.15, 0.2) is 0 Å². The molecule has 0 radical (unpaired) electrons. The molecule has 0 spiro atoms. The van der Waals surface area contributed by atoms with Crippen molar-refractivity contribution in [2.45, 2.75) is 76.9 Å². The zero-order valence-electron chi connectivity index (χ0n) is 13.0. The lowest BCUT2D eigenvalue weighted by Gasteiger charge is -2.39. The third-order valence-corrected chi connectivity index (χ3v) is 4.97. The highest BCUT2D eigenvalue weighted by molar-refractivity contribution is 4.94. The molecule has 0 bridgehead atoms. The van der Waals surface area contributed by atoms with Crippen molar-refractivity contribution in [2.75, 3.05) is 19.7 Å². The van der Waals surface area contributed by atoms with E-state index in [1.165, 1.54) is 38.6 Å². The van der Waals surface area contributed by atoms with Gasteiger partial charge in [0.25, 0.3) is 0 Å². The molecule has 0 heterocycles. The zero-order valence-corrected chi connectivity index (χ0v) is 13.0. The van der Waals surface area contributed by atoms with Gasteiger partial charge in [-0.15, -0.1) is 0 Å². The lowest BCUT2D eigenvalue weighted by Crippen LogP contribution is -2.52. The topological polar surface area (TPSA) is 35.5 Å². The number of nitrogens with zero attached hydrogens (tertiary/aromatic N) is 1. The van der Waals surface area contributed by atoms with E-state index in [0.29, 0.717) is 12.1 Å². The van der Waals surface area contributed by atoms with Crippen LogP contribution in [0.3, 0.4) is 0 Å². The van der Waals surface area contributed by atoms with Crippen molar-refractivity contribution < 1.29 is 5.11 Å². The van der Waals surface area contributed by atoms with Gasteiger partial charge in [0, 0.05) is 24.2 Å². The smallest absolute Gasteiger partial charge is 0.0611 e. The van der Waals surface area contributed by atoms with Crippen molar-refractivity contribution in [2.24, 2.45) is 5.92 Å². The van der Waals surface area contributed by atoms with Gasteiger partial charge in [0.1, 0.15) is 0 Å². The normalized spacial score (nSPS) is 25.1. The quantitative estimate of drug-likeness (QED) is 0.674. The van der Waals surface area contributed by atoms with Gasteiger partial charge in [-0.2, -0.15) is 0 Å².